The van der Waals surface area contributed by atoms with Crippen molar-refractivity contribution < 1.29 is 14.6 Å². The molecule has 0 bridgehead atoms. The van der Waals surface area contributed by atoms with Gasteiger partial charge in [-0.05, 0) is 43.0 Å². The lowest BCUT2D eigenvalue weighted by Gasteiger charge is -2.32. The number of carboxylic acid groups (broad SMARTS) is 1. The summed E-state index contributed by atoms with van der Waals surface area (Å²) in [5.41, 5.74) is 1.28. The maximum Gasteiger partial charge on any atom is 0.304 e. The molecule has 1 aromatic rings. The number of piperidine rings is 1. The van der Waals surface area contributed by atoms with Crippen LogP contribution in [-0.4, -0.2) is 41.7 Å². The highest BCUT2D eigenvalue weighted by atomic mass is 16.5. The number of benzene rings is 1. The second-order valence-electron chi connectivity index (χ2n) is 6.05. The molecule has 2 rings (SSSR count). The first-order chi connectivity index (χ1) is 10.0. The first-order valence-corrected chi connectivity index (χ1v) is 7.75. The van der Waals surface area contributed by atoms with Gasteiger partial charge in [-0.2, -0.15) is 0 Å². The Bertz CT molecular complexity index is 473. The van der Waals surface area contributed by atoms with Crippen LogP contribution in [-0.2, 0) is 4.79 Å². The van der Waals surface area contributed by atoms with E-state index in [1.165, 1.54) is 5.56 Å². The van der Waals surface area contributed by atoms with Crippen LogP contribution >= 0.6 is 0 Å². The van der Waals surface area contributed by atoms with E-state index in [-0.39, 0.29) is 12.5 Å². The largest absolute Gasteiger partial charge is 0.489 e. The molecule has 1 N–H and O–H groups in total. The Balaban J connectivity index is 1.90. The third kappa shape index (κ3) is 5.05. The molecular weight excluding hydrogens is 266 g/mol. The monoisotopic (exact) mass is 291 g/mol. The number of carbonyl (C=O) groups is 1. The van der Waals surface area contributed by atoms with Gasteiger partial charge in [0.2, 0.25) is 0 Å². The molecule has 0 spiro atoms. The third-order valence-corrected chi connectivity index (χ3v) is 3.93. The highest BCUT2D eigenvalue weighted by Crippen LogP contribution is 2.23. The van der Waals surface area contributed by atoms with Gasteiger partial charge in [-0.1, -0.05) is 26.0 Å². The first-order valence-electron chi connectivity index (χ1n) is 7.75. The van der Waals surface area contributed by atoms with E-state index < -0.39 is 5.97 Å². The van der Waals surface area contributed by atoms with Gasteiger partial charge in [0.15, 0.2) is 0 Å². The van der Waals surface area contributed by atoms with E-state index >= 15 is 0 Å². The minimum atomic E-state index is -0.734. The van der Waals surface area contributed by atoms with Crippen LogP contribution < -0.4 is 4.74 Å². The molecule has 4 heteroatoms. The molecule has 1 aliphatic rings. The normalized spacial score (nSPS) is 19.7. The Kier molecular flexibility index (Phi) is 5.62. The van der Waals surface area contributed by atoms with Crippen LogP contribution in [0.2, 0.25) is 0 Å². The van der Waals surface area contributed by atoms with Gasteiger partial charge in [-0.25, -0.2) is 0 Å². The van der Waals surface area contributed by atoms with Crippen LogP contribution in [0.1, 0.15) is 44.6 Å². The molecule has 1 heterocycles. The van der Waals surface area contributed by atoms with Crippen LogP contribution in [0, 0.1) is 0 Å². The molecule has 1 unspecified atom stereocenters. The molecule has 0 aromatic heterocycles. The van der Waals surface area contributed by atoms with Gasteiger partial charge in [0, 0.05) is 13.1 Å². The molecule has 1 fully saturated rings. The number of nitrogens with zero attached hydrogens (tertiary/aromatic N) is 1. The molecule has 21 heavy (non-hydrogen) atoms. The summed E-state index contributed by atoms with van der Waals surface area (Å²) in [5, 5.41) is 8.77. The van der Waals surface area contributed by atoms with Crippen LogP contribution in [0.4, 0.5) is 0 Å². The summed E-state index contributed by atoms with van der Waals surface area (Å²) in [7, 11) is 0. The summed E-state index contributed by atoms with van der Waals surface area (Å²) in [6.07, 6.45) is 2.47. The molecule has 4 nitrogen and oxygen atoms in total. The van der Waals surface area contributed by atoms with E-state index in [2.05, 4.69) is 30.9 Å². The molecule has 0 amide bonds. The molecule has 1 aliphatic heterocycles. The smallest absolute Gasteiger partial charge is 0.304 e. The topological polar surface area (TPSA) is 49.8 Å². The van der Waals surface area contributed by atoms with Gasteiger partial charge in [-0.3, -0.25) is 9.69 Å². The van der Waals surface area contributed by atoms with Crippen LogP contribution in [0.5, 0.6) is 5.75 Å². The van der Waals surface area contributed by atoms with E-state index in [1.807, 2.05) is 12.1 Å². The van der Waals surface area contributed by atoms with Gasteiger partial charge >= 0.3 is 5.97 Å². The number of hydrogen-bond acceptors (Lipinski definition) is 3. The van der Waals surface area contributed by atoms with Crippen molar-refractivity contribution in [1.29, 1.82) is 0 Å². The van der Waals surface area contributed by atoms with E-state index in [9.17, 15) is 4.79 Å². The van der Waals surface area contributed by atoms with E-state index in [0.717, 1.165) is 31.7 Å². The van der Waals surface area contributed by atoms with E-state index in [0.29, 0.717) is 12.5 Å². The third-order valence-electron chi connectivity index (χ3n) is 3.93. The molecular formula is C17H25NO3. The van der Waals surface area contributed by atoms with Crippen molar-refractivity contribution >= 4 is 5.97 Å². The van der Waals surface area contributed by atoms with Gasteiger partial charge < -0.3 is 9.84 Å². The summed E-state index contributed by atoms with van der Waals surface area (Å²) >= 11 is 0. The zero-order valence-electron chi connectivity index (χ0n) is 12.9. The molecule has 0 saturated carbocycles. The maximum absolute atomic E-state index is 10.7. The standard InChI is InChI=1S/C17H25NO3/c1-13(2)14-5-3-6-15(11-14)21-16-7-4-9-18(12-16)10-8-17(19)20/h3,5-6,11,13,16H,4,7-10,12H2,1-2H3,(H,19,20). The molecule has 1 aromatic carbocycles. The van der Waals surface area contributed by atoms with Crippen molar-refractivity contribution in [2.24, 2.45) is 0 Å². The lowest BCUT2D eigenvalue weighted by Crippen LogP contribution is -2.41. The van der Waals surface area contributed by atoms with Crippen LogP contribution in [0.15, 0.2) is 24.3 Å². The fraction of sp³-hybridized carbons (Fsp3) is 0.588. The maximum atomic E-state index is 10.7. The number of aliphatic carboxylic acids is 1. The number of likely N-dealkylation sites (tertiary alicyclic amines) is 1. The Hall–Kier alpha value is -1.55. The number of hydrogen-bond donors (Lipinski definition) is 1. The van der Waals surface area contributed by atoms with Crippen molar-refractivity contribution in [3.05, 3.63) is 29.8 Å². The molecule has 0 radical (unpaired) electrons. The average Bonchev–Trinajstić information content (AvgIpc) is 2.46. The van der Waals surface area contributed by atoms with Gasteiger partial charge in [0.1, 0.15) is 11.9 Å². The minimum Gasteiger partial charge on any atom is -0.489 e. The molecule has 1 saturated heterocycles. The van der Waals surface area contributed by atoms with Crippen molar-refractivity contribution in [2.75, 3.05) is 19.6 Å². The SMILES string of the molecule is CC(C)c1cccc(OC2CCCN(CCC(=O)O)C2)c1. The summed E-state index contributed by atoms with van der Waals surface area (Å²) in [4.78, 5) is 12.8. The Morgan fingerprint density at radius 3 is 3.00 bits per heavy atom. The Labute approximate surface area is 126 Å². The first kappa shape index (κ1) is 15.8. The van der Waals surface area contributed by atoms with Crippen LogP contribution in [0.3, 0.4) is 0 Å². The summed E-state index contributed by atoms with van der Waals surface area (Å²) in [6.45, 7) is 6.75. The highest BCUT2D eigenvalue weighted by Gasteiger charge is 2.21. The summed E-state index contributed by atoms with van der Waals surface area (Å²) < 4.78 is 6.09. The number of carboxylic acids is 1. The van der Waals surface area contributed by atoms with Crippen LogP contribution in [0.25, 0.3) is 0 Å². The van der Waals surface area contributed by atoms with E-state index in [4.69, 9.17) is 9.84 Å². The van der Waals surface area contributed by atoms with Gasteiger partial charge in [-0.15, -0.1) is 0 Å². The average molecular weight is 291 g/mol. The van der Waals surface area contributed by atoms with Crippen molar-refractivity contribution in [3.8, 4) is 5.75 Å². The second-order valence-corrected chi connectivity index (χ2v) is 6.05. The summed E-state index contributed by atoms with van der Waals surface area (Å²) in [6, 6.07) is 8.27. The molecule has 0 aliphatic carbocycles. The fourth-order valence-electron chi connectivity index (χ4n) is 2.71. The summed E-state index contributed by atoms with van der Waals surface area (Å²) in [5.74, 6) is 0.681. The lowest BCUT2D eigenvalue weighted by atomic mass is 10.0. The zero-order chi connectivity index (χ0) is 15.2. The quantitative estimate of drug-likeness (QED) is 0.875. The van der Waals surface area contributed by atoms with Crippen molar-refractivity contribution in [3.63, 3.8) is 0 Å². The predicted molar refractivity (Wildman–Crippen MR) is 82.9 cm³/mol. The second kappa shape index (κ2) is 7.46. The molecule has 116 valence electrons. The molecule has 1 atom stereocenters. The zero-order valence-corrected chi connectivity index (χ0v) is 12.9. The number of ether oxygens (including phenoxy) is 1. The van der Waals surface area contributed by atoms with Gasteiger partial charge in [0.25, 0.3) is 0 Å². The van der Waals surface area contributed by atoms with Crippen molar-refractivity contribution in [2.45, 2.75) is 45.1 Å². The Morgan fingerprint density at radius 2 is 2.29 bits per heavy atom. The van der Waals surface area contributed by atoms with Crippen molar-refractivity contribution in [1.82, 2.24) is 4.90 Å². The fourth-order valence-corrected chi connectivity index (χ4v) is 2.71. The van der Waals surface area contributed by atoms with E-state index in [1.54, 1.807) is 0 Å². The highest BCUT2D eigenvalue weighted by molar-refractivity contribution is 5.66. The lowest BCUT2D eigenvalue weighted by molar-refractivity contribution is -0.137. The minimum absolute atomic E-state index is 0.162. The number of rotatable bonds is 6. The predicted octanol–water partition coefficient (Wildman–Crippen LogP) is 3.13. The Morgan fingerprint density at radius 1 is 1.48 bits per heavy atom. The van der Waals surface area contributed by atoms with Gasteiger partial charge in [0.05, 0.1) is 6.42 Å².